The van der Waals surface area contributed by atoms with Crippen molar-refractivity contribution in [2.24, 2.45) is 0 Å². The molecule has 1 heterocycles. The molecule has 106 valence electrons. The van der Waals surface area contributed by atoms with Crippen LogP contribution in [0.5, 0.6) is 0 Å². The number of benzene rings is 1. The van der Waals surface area contributed by atoms with E-state index in [1.807, 2.05) is 31.2 Å². The monoisotopic (exact) mass is 273 g/mol. The molecule has 0 saturated heterocycles. The fourth-order valence-electron chi connectivity index (χ4n) is 1.96. The molecule has 1 aromatic heterocycles. The van der Waals surface area contributed by atoms with Gasteiger partial charge in [0, 0.05) is 31.8 Å². The van der Waals surface area contributed by atoms with Crippen molar-refractivity contribution in [2.45, 2.75) is 13.5 Å². The molecule has 0 aliphatic rings. The number of methoxy groups -OCH3 is 1. The van der Waals surface area contributed by atoms with Crippen LogP contribution >= 0.6 is 0 Å². The van der Waals surface area contributed by atoms with E-state index in [1.165, 1.54) is 6.07 Å². The van der Waals surface area contributed by atoms with Crippen LogP contribution in [-0.2, 0) is 11.3 Å². The summed E-state index contributed by atoms with van der Waals surface area (Å²) in [7, 11) is 1.66. The zero-order valence-electron chi connectivity index (χ0n) is 11.8. The molecule has 0 atom stereocenters. The van der Waals surface area contributed by atoms with Crippen LogP contribution in [0, 0.1) is 6.92 Å². The lowest BCUT2D eigenvalue weighted by Crippen LogP contribution is -2.21. The summed E-state index contributed by atoms with van der Waals surface area (Å²) in [5.74, 6) is 0.610. The molecule has 0 aliphatic carbocycles. The van der Waals surface area contributed by atoms with Crippen molar-refractivity contribution < 1.29 is 4.74 Å². The molecular weight excluding hydrogens is 254 g/mol. The van der Waals surface area contributed by atoms with Gasteiger partial charge in [-0.1, -0.05) is 24.3 Å². The normalized spacial score (nSPS) is 10.7. The first-order valence-corrected chi connectivity index (χ1v) is 6.56. The molecule has 0 amide bonds. The van der Waals surface area contributed by atoms with Gasteiger partial charge in [0.2, 0.25) is 0 Å². The number of rotatable bonds is 6. The number of nitrogens with one attached hydrogen (secondary N) is 2. The number of nitrogens with zero attached hydrogens (tertiary/aromatic N) is 1. The van der Waals surface area contributed by atoms with Gasteiger partial charge in [0.05, 0.1) is 12.3 Å². The Labute approximate surface area is 118 Å². The average molecular weight is 273 g/mol. The standard InChI is InChI=1S/C15H19N3O2/c1-11-5-3-4-6-13(11)15-17-12(9-14(19)18-15)10-16-7-8-20-2/h3-6,9,16H,7-8,10H2,1-2H3,(H,17,18,19). The van der Waals surface area contributed by atoms with E-state index in [9.17, 15) is 4.79 Å². The van der Waals surface area contributed by atoms with Crippen molar-refractivity contribution >= 4 is 0 Å². The highest BCUT2D eigenvalue weighted by atomic mass is 16.5. The van der Waals surface area contributed by atoms with E-state index < -0.39 is 0 Å². The topological polar surface area (TPSA) is 67.0 Å². The van der Waals surface area contributed by atoms with Crippen LogP contribution in [0.1, 0.15) is 11.3 Å². The summed E-state index contributed by atoms with van der Waals surface area (Å²) >= 11 is 0. The van der Waals surface area contributed by atoms with Crippen LogP contribution < -0.4 is 10.9 Å². The lowest BCUT2D eigenvalue weighted by atomic mass is 10.1. The quantitative estimate of drug-likeness (QED) is 0.782. The third-order valence-electron chi connectivity index (χ3n) is 2.98. The Hall–Kier alpha value is -1.98. The van der Waals surface area contributed by atoms with E-state index in [0.29, 0.717) is 19.0 Å². The number of hydrogen-bond donors (Lipinski definition) is 2. The minimum Gasteiger partial charge on any atom is -0.383 e. The third kappa shape index (κ3) is 3.76. The Morgan fingerprint density at radius 1 is 1.35 bits per heavy atom. The zero-order valence-corrected chi connectivity index (χ0v) is 11.8. The molecule has 0 radical (unpaired) electrons. The second-order valence-electron chi connectivity index (χ2n) is 4.57. The molecule has 2 rings (SSSR count). The highest BCUT2D eigenvalue weighted by molar-refractivity contribution is 5.59. The fraction of sp³-hybridized carbons (Fsp3) is 0.333. The van der Waals surface area contributed by atoms with Crippen LogP contribution in [0.4, 0.5) is 0 Å². The Morgan fingerprint density at radius 2 is 2.15 bits per heavy atom. The number of hydrogen-bond acceptors (Lipinski definition) is 4. The van der Waals surface area contributed by atoms with Gasteiger partial charge in [-0.25, -0.2) is 4.98 Å². The molecule has 0 bridgehead atoms. The van der Waals surface area contributed by atoms with E-state index in [4.69, 9.17) is 4.74 Å². The molecule has 20 heavy (non-hydrogen) atoms. The fourth-order valence-corrected chi connectivity index (χ4v) is 1.96. The van der Waals surface area contributed by atoms with E-state index in [0.717, 1.165) is 23.4 Å². The Balaban J connectivity index is 2.21. The lowest BCUT2D eigenvalue weighted by Gasteiger charge is -2.07. The maximum absolute atomic E-state index is 11.7. The van der Waals surface area contributed by atoms with E-state index in [-0.39, 0.29) is 5.56 Å². The number of aromatic amines is 1. The van der Waals surface area contributed by atoms with Crippen molar-refractivity contribution in [3.05, 3.63) is 51.9 Å². The largest absolute Gasteiger partial charge is 0.383 e. The molecule has 0 unspecified atom stereocenters. The molecule has 5 nitrogen and oxygen atoms in total. The number of aryl methyl sites for hydroxylation is 1. The minimum absolute atomic E-state index is 0.137. The van der Waals surface area contributed by atoms with Gasteiger partial charge in [0.25, 0.3) is 5.56 Å². The Morgan fingerprint density at radius 3 is 2.90 bits per heavy atom. The highest BCUT2D eigenvalue weighted by Crippen LogP contribution is 2.17. The Kier molecular flexibility index (Phi) is 5.03. The third-order valence-corrected chi connectivity index (χ3v) is 2.98. The van der Waals surface area contributed by atoms with Crippen LogP contribution in [0.15, 0.2) is 35.1 Å². The summed E-state index contributed by atoms with van der Waals surface area (Å²) < 4.78 is 4.96. The van der Waals surface area contributed by atoms with Gasteiger partial charge in [-0.2, -0.15) is 0 Å². The van der Waals surface area contributed by atoms with Crippen molar-refractivity contribution in [2.75, 3.05) is 20.3 Å². The summed E-state index contributed by atoms with van der Waals surface area (Å²) in [5.41, 5.74) is 2.62. The van der Waals surface area contributed by atoms with E-state index in [1.54, 1.807) is 7.11 Å². The first kappa shape index (κ1) is 14.4. The molecule has 0 aliphatic heterocycles. The van der Waals surface area contributed by atoms with Gasteiger partial charge >= 0.3 is 0 Å². The molecule has 1 aromatic carbocycles. The predicted molar refractivity (Wildman–Crippen MR) is 78.6 cm³/mol. The summed E-state index contributed by atoms with van der Waals surface area (Å²) in [6.07, 6.45) is 0. The summed E-state index contributed by atoms with van der Waals surface area (Å²) in [5, 5.41) is 3.18. The highest BCUT2D eigenvalue weighted by Gasteiger charge is 2.06. The van der Waals surface area contributed by atoms with Crippen LogP contribution in [0.25, 0.3) is 11.4 Å². The van der Waals surface area contributed by atoms with Gasteiger partial charge in [-0.3, -0.25) is 4.79 Å². The molecule has 2 N–H and O–H groups in total. The van der Waals surface area contributed by atoms with Crippen LogP contribution in [0.3, 0.4) is 0 Å². The molecule has 0 fully saturated rings. The molecular formula is C15H19N3O2. The van der Waals surface area contributed by atoms with Crippen LogP contribution in [0.2, 0.25) is 0 Å². The van der Waals surface area contributed by atoms with Gasteiger partial charge in [0.1, 0.15) is 5.82 Å². The first-order valence-electron chi connectivity index (χ1n) is 6.56. The van der Waals surface area contributed by atoms with Gasteiger partial charge in [-0.05, 0) is 12.5 Å². The first-order chi connectivity index (χ1) is 9.70. The molecule has 0 saturated carbocycles. The second-order valence-corrected chi connectivity index (χ2v) is 4.57. The molecule has 0 spiro atoms. The summed E-state index contributed by atoms with van der Waals surface area (Å²) in [6, 6.07) is 9.37. The van der Waals surface area contributed by atoms with Gasteiger partial charge in [-0.15, -0.1) is 0 Å². The Bertz CT molecular complexity index is 623. The van der Waals surface area contributed by atoms with Gasteiger partial charge < -0.3 is 15.0 Å². The van der Waals surface area contributed by atoms with Crippen molar-refractivity contribution in [1.29, 1.82) is 0 Å². The van der Waals surface area contributed by atoms with E-state index in [2.05, 4.69) is 15.3 Å². The van der Waals surface area contributed by atoms with Gasteiger partial charge in [0.15, 0.2) is 0 Å². The summed E-state index contributed by atoms with van der Waals surface area (Å²) in [6.45, 7) is 3.91. The molecule has 2 aromatic rings. The van der Waals surface area contributed by atoms with Crippen molar-refractivity contribution in [3.63, 3.8) is 0 Å². The lowest BCUT2D eigenvalue weighted by molar-refractivity contribution is 0.199. The average Bonchev–Trinajstić information content (AvgIpc) is 2.43. The van der Waals surface area contributed by atoms with E-state index >= 15 is 0 Å². The predicted octanol–water partition coefficient (Wildman–Crippen LogP) is 1.48. The maximum Gasteiger partial charge on any atom is 0.251 e. The zero-order chi connectivity index (χ0) is 14.4. The molecule has 5 heteroatoms. The SMILES string of the molecule is COCCNCc1cc(=O)[nH]c(-c2ccccc2C)n1. The van der Waals surface area contributed by atoms with Crippen molar-refractivity contribution in [3.8, 4) is 11.4 Å². The maximum atomic E-state index is 11.7. The number of ether oxygens (including phenoxy) is 1. The van der Waals surface area contributed by atoms with Crippen molar-refractivity contribution in [1.82, 2.24) is 15.3 Å². The van der Waals surface area contributed by atoms with Crippen LogP contribution in [-0.4, -0.2) is 30.2 Å². The smallest absolute Gasteiger partial charge is 0.251 e. The number of H-pyrrole nitrogens is 1. The summed E-state index contributed by atoms with van der Waals surface area (Å²) in [4.78, 5) is 19.0. The minimum atomic E-state index is -0.137. The second kappa shape index (κ2) is 6.98. The number of aromatic nitrogens is 2.